The molecule has 0 saturated carbocycles. The molecule has 1 heterocycles. The van der Waals surface area contributed by atoms with Gasteiger partial charge in [0, 0.05) is 12.2 Å². The van der Waals surface area contributed by atoms with E-state index in [4.69, 9.17) is 4.65 Å². The van der Waals surface area contributed by atoms with E-state index in [-0.39, 0.29) is 12.4 Å². The van der Waals surface area contributed by atoms with Crippen molar-refractivity contribution < 1.29 is 14.8 Å². The van der Waals surface area contributed by atoms with E-state index in [1.54, 1.807) is 27.7 Å². The van der Waals surface area contributed by atoms with Crippen LogP contribution in [0.25, 0.3) is 0 Å². The second-order valence-corrected chi connectivity index (χ2v) is 6.13. The molecule has 0 saturated heterocycles. The zero-order chi connectivity index (χ0) is 14.3. The summed E-state index contributed by atoms with van der Waals surface area (Å²) in [5.41, 5.74) is 1.16. The molecule has 20 heavy (non-hydrogen) atoms. The first-order valence-corrected chi connectivity index (χ1v) is 6.66. The van der Waals surface area contributed by atoms with Gasteiger partial charge >= 0.3 is 7.12 Å². The topological polar surface area (TPSA) is 61.7 Å². The van der Waals surface area contributed by atoms with Crippen LogP contribution in [0.4, 0.5) is 5.69 Å². The first kappa shape index (κ1) is 17.3. The molecule has 1 aliphatic heterocycles. The molecule has 0 spiro atoms. The Morgan fingerprint density at radius 1 is 1.25 bits per heavy atom. The lowest BCUT2D eigenvalue weighted by molar-refractivity contribution is -0.0982. The first-order valence-electron chi connectivity index (χ1n) is 6.66. The number of halogens is 1. The largest absolute Gasteiger partial charge is 0.491 e. The Morgan fingerprint density at radius 3 is 2.50 bits per heavy atom. The molecule has 1 aromatic carbocycles. The molecule has 6 heteroatoms. The van der Waals surface area contributed by atoms with E-state index in [9.17, 15) is 10.1 Å². The van der Waals surface area contributed by atoms with Gasteiger partial charge in [-0.3, -0.25) is 0 Å². The summed E-state index contributed by atoms with van der Waals surface area (Å²) < 4.78 is 5.63. The molecule has 0 amide bonds. The van der Waals surface area contributed by atoms with Crippen molar-refractivity contribution in [2.75, 3.05) is 11.9 Å². The highest BCUT2D eigenvalue weighted by atomic mass is 35.5. The van der Waals surface area contributed by atoms with E-state index in [0.717, 1.165) is 24.1 Å². The van der Waals surface area contributed by atoms with Gasteiger partial charge in [0.15, 0.2) is 0 Å². The Bertz CT molecular complexity index is 474. The summed E-state index contributed by atoms with van der Waals surface area (Å²) in [6.07, 6.45) is 0.963. The SMILES string of the molecule is CC(C)(O)C(C)(C)OB(O)c1ccc2c(c1)CCN2.Cl. The van der Waals surface area contributed by atoms with Crippen molar-refractivity contribution in [2.45, 2.75) is 45.3 Å². The maximum absolute atomic E-state index is 10.2. The lowest BCUT2D eigenvalue weighted by atomic mass is 9.76. The Kier molecular flexibility index (Phi) is 5.14. The van der Waals surface area contributed by atoms with Crippen molar-refractivity contribution in [1.82, 2.24) is 0 Å². The van der Waals surface area contributed by atoms with Crippen LogP contribution in [0.15, 0.2) is 18.2 Å². The predicted octanol–water partition coefficient (Wildman–Crippen LogP) is 1.33. The average Bonchev–Trinajstić information content (AvgIpc) is 2.73. The molecule has 1 aromatic rings. The molecule has 4 nitrogen and oxygen atoms in total. The van der Waals surface area contributed by atoms with Crippen molar-refractivity contribution in [2.24, 2.45) is 0 Å². The predicted molar refractivity (Wildman–Crippen MR) is 85.0 cm³/mol. The fourth-order valence-corrected chi connectivity index (χ4v) is 1.97. The standard InChI is InChI=1S/C14H22BNO3.ClH/c1-13(2,17)14(3,4)19-15(18)11-5-6-12-10(9-11)7-8-16-12;/h5-6,9,16-18H,7-8H2,1-4H3;1H. The van der Waals surface area contributed by atoms with E-state index in [1.807, 2.05) is 18.2 Å². The van der Waals surface area contributed by atoms with Crippen LogP contribution in [0.3, 0.4) is 0 Å². The van der Waals surface area contributed by atoms with E-state index in [0.29, 0.717) is 0 Å². The maximum Gasteiger partial charge on any atom is 0.491 e. The zero-order valence-electron chi connectivity index (χ0n) is 12.4. The minimum Gasteiger partial charge on any atom is -0.423 e. The third-order valence-electron chi connectivity index (χ3n) is 4.00. The van der Waals surface area contributed by atoms with Gasteiger partial charge in [0.25, 0.3) is 0 Å². The Balaban J connectivity index is 0.00000200. The van der Waals surface area contributed by atoms with Crippen molar-refractivity contribution in [3.05, 3.63) is 23.8 Å². The molecule has 0 fully saturated rings. The summed E-state index contributed by atoms with van der Waals surface area (Å²) in [6.45, 7) is 7.82. The number of hydrogen-bond donors (Lipinski definition) is 3. The van der Waals surface area contributed by atoms with Crippen molar-refractivity contribution in [3.8, 4) is 0 Å². The van der Waals surface area contributed by atoms with Crippen LogP contribution in [-0.2, 0) is 11.1 Å². The number of aliphatic hydroxyl groups is 1. The third kappa shape index (κ3) is 3.47. The average molecular weight is 300 g/mol. The van der Waals surface area contributed by atoms with Crippen LogP contribution in [0.1, 0.15) is 33.3 Å². The van der Waals surface area contributed by atoms with Gasteiger partial charge in [-0.1, -0.05) is 12.1 Å². The molecule has 3 N–H and O–H groups in total. The smallest absolute Gasteiger partial charge is 0.423 e. The summed E-state index contributed by atoms with van der Waals surface area (Å²) in [5.74, 6) is 0. The molecule has 1 aliphatic rings. The van der Waals surface area contributed by atoms with Gasteiger partial charge in [0.2, 0.25) is 0 Å². The normalized spacial score (nSPS) is 14.3. The number of nitrogens with one attached hydrogen (secondary N) is 1. The molecule has 0 aromatic heterocycles. The van der Waals surface area contributed by atoms with Gasteiger partial charge in [0.05, 0.1) is 11.2 Å². The van der Waals surface area contributed by atoms with E-state index < -0.39 is 18.3 Å². The molecule has 2 rings (SSSR count). The highest BCUT2D eigenvalue weighted by molar-refractivity contribution is 6.60. The second kappa shape index (κ2) is 5.94. The molecule has 0 unspecified atom stereocenters. The summed E-state index contributed by atoms with van der Waals surface area (Å²) in [7, 11) is -1.03. The van der Waals surface area contributed by atoms with Gasteiger partial charge in [-0.25, -0.2) is 0 Å². The van der Waals surface area contributed by atoms with Gasteiger partial charge in [-0.15, -0.1) is 12.4 Å². The lowest BCUT2D eigenvalue weighted by Gasteiger charge is -2.38. The Labute approximate surface area is 127 Å². The molecular weight excluding hydrogens is 276 g/mol. The lowest BCUT2D eigenvalue weighted by Crippen LogP contribution is -2.53. The van der Waals surface area contributed by atoms with Crippen LogP contribution in [-0.4, -0.2) is 35.0 Å². The van der Waals surface area contributed by atoms with E-state index >= 15 is 0 Å². The van der Waals surface area contributed by atoms with Crippen molar-refractivity contribution in [3.63, 3.8) is 0 Å². The van der Waals surface area contributed by atoms with E-state index in [1.165, 1.54) is 5.56 Å². The van der Waals surface area contributed by atoms with Crippen LogP contribution >= 0.6 is 12.4 Å². The summed E-state index contributed by atoms with van der Waals surface area (Å²) in [6, 6.07) is 5.77. The number of anilines is 1. The minimum atomic E-state index is -1.04. The molecule has 0 radical (unpaired) electrons. The molecular formula is C14H23BClNO3. The van der Waals surface area contributed by atoms with Gasteiger partial charge in [0.1, 0.15) is 0 Å². The van der Waals surface area contributed by atoms with Gasteiger partial charge < -0.3 is 20.1 Å². The number of rotatable bonds is 4. The summed E-state index contributed by atoms with van der Waals surface area (Å²) in [4.78, 5) is 0. The Hall–Kier alpha value is -0.745. The quantitative estimate of drug-likeness (QED) is 0.734. The molecule has 112 valence electrons. The van der Waals surface area contributed by atoms with E-state index in [2.05, 4.69) is 5.32 Å². The Morgan fingerprint density at radius 2 is 1.90 bits per heavy atom. The van der Waals surface area contributed by atoms with Gasteiger partial charge in [-0.2, -0.15) is 0 Å². The van der Waals surface area contributed by atoms with Crippen LogP contribution < -0.4 is 10.8 Å². The first-order chi connectivity index (χ1) is 8.71. The number of hydrogen-bond acceptors (Lipinski definition) is 4. The summed E-state index contributed by atoms with van der Waals surface area (Å²) >= 11 is 0. The number of benzene rings is 1. The minimum absolute atomic E-state index is 0. The molecule has 0 aliphatic carbocycles. The fraction of sp³-hybridized carbons (Fsp3) is 0.571. The molecule has 0 bridgehead atoms. The molecule has 0 atom stereocenters. The van der Waals surface area contributed by atoms with Crippen LogP contribution in [0, 0.1) is 0 Å². The second-order valence-electron chi connectivity index (χ2n) is 6.13. The summed E-state index contributed by atoms with van der Waals surface area (Å²) in [5, 5.41) is 23.5. The van der Waals surface area contributed by atoms with Crippen molar-refractivity contribution in [1.29, 1.82) is 0 Å². The zero-order valence-corrected chi connectivity index (χ0v) is 13.3. The van der Waals surface area contributed by atoms with Crippen LogP contribution in [0.2, 0.25) is 0 Å². The monoisotopic (exact) mass is 299 g/mol. The van der Waals surface area contributed by atoms with Crippen LogP contribution in [0.5, 0.6) is 0 Å². The highest BCUT2D eigenvalue weighted by Crippen LogP contribution is 2.26. The van der Waals surface area contributed by atoms with Gasteiger partial charge in [-0.05, 0) is 51.2 Å². The third-order valence-corrected chi connectivity index (χ3v) is 4.00. The highest BCUT2D eigenvalue weighted by Gasteiger charge is 2.39. The maximum atomic E-state index is 10.2. The van der Waals surface area contributed by atoms with Crippen molar-refractivity contribution >= 4 is 30.7 Å². The number of fused-ring (bicyclic) bond motifs is 1. The fourth-order valence-electron chi connectivity index (χ4n) is 1.97.